The van der Waals surface area contributed by atoms with Gasteiger partial charge in [0.15, 0.2) is 0 Å². The van der Waals surface area contributed by atoms with E-state index >= 15 is 0 Å². The molecule has 6 nitrogen and oxygen atoms in total. The number of piperidine rings is 1. The van der Waals surface area contributed by atoms with Crippen molar-refractivity contribution in [2.45, 2.75) is 43.7 Å². The first-order chi connectivity index (χ1) is 15.6. The fourth-order valence-corrected chi connectivity index (χ4v) is 4.34. The van der Waals surface area contributed by atoms with Gasteiger partial charge in [-0.15, -0.1) is 11.8 Å². The topological polar surface area (TPSA) is 60.3 Å². The number of hydrogen-bond donors (Lipinski definition) is 0. The molecule has 1 aliphatic heterocycles. The Bertz CT molecular complexity index is 1090. The normalized spacial score (nSPS) is 14.5. The number of halogens is 1. The number of nitrogens with zero attached hydrogens (tertiary/aromatic N) is 4. The summed E-state index contributed by atoms with van der Waals surface area (Å²) in [5.74, 6) is 1.21. The van der Waals surface area contributed by atoms with E-state index in [1.165, 1.54) is 11.0 Å². The van der Waals surface area contributed by atoms with E-state index in [9.17, 15) is 4.79 Å². The van der Waals surface area contributed by atoms with E-state index in [0.29, 0.717) is 17.3 Å². The Labute approximate surface area is 197 Å². The summed E-state index contributed by atoms with van der Waals surface area (Å²) in [6.45, 7) is 4.17. The van der Waals surface area contributed by atoms with Crippen molar-refractivity contribution >= 4 is 29.3 Å². The number of ether oxygens (including phenoxy) is 1. The molecule has 4 rings (SSSR count). The van der Waals surface area contributed by atoms with Crippen LogP contribution in [0.2, 0.25) is 5.02 Å². The number of anilines is 1. The smallest absolute Gasteiger partial charge is 0.254 e. The molecule has 3 heterocycles. The van der Waals surface area contributed by atoms with Crippen LogP contribution in [-0.4, -0.2) is 40.0 Å². The summed E-state index contributed by atoms with van der Waals surface area (Å²) in [6.07, 6.45) is 10.1. The maximum Gasteiger partial charge on any atom is 0.254 e. The van der Waals surface area contributed by atoms with Crippen molar-refractivity contribution in [1.82, 2.24) is 14.5 Å². The molecule has 0 N–H and O–H groups in total. The van der Waals surface area contributed by atoms with E-state index in [2.05, 4.69) is 33.9 Å². The highest BCUT2D eigenvalue weighted by molar-refractivity contribution is 7.98. The van der Waals surface area contributed by atoms with Crippen molar-refractivity contribution < 1.29 is 4.74 Å². The van der Waals surface area contributed by atoms with Gasteiger partial charge in [0.1, 0.15) is 11.9 Å². The lowest BCUT2D eigenvalue weighted by Gasteiger charge is -2.32. The highest BCUT2D eigenvalue weighted by atomic mass is 35.5. The van der Waals surface area contributed by atoms with Crippen LogP contribution in [0.1, 0.15) is 30.9 Å². The zero-order valence-electron chi connectivity index (χ0n) is 18.3. The molecule has 168 valence electrons. The second-order valence-corrected chi connectivity index (χ2v) is 9.14. The van der Waals surface area contributed by atoms with Gasteiger partial charge in [-0.2, -0.15) is 0 Å². The number of rotatable bonds is 7. The zero-order chi connectivity index (χ0) is 22.5. The number of hydrogen-bond acceptors (Lipinski definition) is 6. The molecule has 0 spiro atoms. The minimum atomic E-state index is -0.125. The number of pyridine rings is 1. The van der Waals surface area contributed by atoms with E-state index in [0.717, 1.165) is 49.4 Å². The first kappa shape index (κ1) is 22.7. The van der Waals surface area contributed by atoms with Gasteiger partial charge in [-0.05, 0) is 35.9 Å². The van der Waals surface area contributed by atoms with Gasteiger partial charge in [0.25, 0.3) is 5.56 Å². The molecule has 32 heavy (non-hydrogen) atoms. The molecule has 0 radical (unpaired) electrons. The monoisotopic (exact) mass is 470 g/mol. The Morgan fingerprint density at radius 2 is 1.81 bits per heavy atom. The van der Waals surface area contributed by atoms with Gasteiger partial charge in [-0.3, -0.25) is 4.79 Å². The first-order valence-electron chi connectivity index (χ1n) is 10.8. The Kier molecular flexibility index (Phi) is 7.37. The first-order valence-corrected chi connectivity index (χ1v) is 12.4. The van der Waals surface area contributed by atoms with Crippen molar-refractivity contribution in [1.29, 1.82) is 0 Å². The lowest BCUT2D eigenvalue weighted by atomic mass is 10.1. The highest BCUT2D eigenvalue weighted by Gasteiger charge is 2.23. The van der Waals surface area contributed by atoms with Gasteiger partial charge >= 0.3 is 0 Å². The lowest BCUT2D eigenvalue weighted by molar-refractivity contribution is 0.170. The number of aromatic nitrogens is 3. The SMILES string of the molecule is CCc1cnc(N2CCC(Oc3cc(=O)n(Cc4ccc(SC)cc4)cc3Cl)CC2)nc1. The average Bonchev–Trinajstić information content (AvgIpc) is 2.83. The summed E-state index contributed by atoms with van der Waals surface area (Å²) in [6, 6.07) is 9.67. The van der Waals surface area contributed by atoms with Gasteiger partial charge in [0.2, 0.25) is 5.95 Å². The van der Waals surface area contributed by atoms with Crippen LogP contribution in [0.15, 0.2) is 58.6 Å². The van der Waals surface area contributed by atoms with Crippen LogP contribution >= 0.6 is 23.4 Å². The van der Waals surface area contributed by atoms with E-state index in [1.807, 2.05) is 30.8 Å². The lowest BCUT2D eigenvalue weighted by Crippen LogP contribution is -2.39. The standard InChI is InChI=1S/C24H27ClN4O2S/c1-3-17-13-26-24(27-14-17)28-10-8-19(9-11-28)31-22-12-23(30)29(16-21(22)25)15-18-4-6-20(32-2)7-5-18/h4-7,12-14,16,19H,3,8-11,15H2,1-2H3. The molecule has 3 aromatic rings. The van der Waals surface area contributed by atoms with E-state index in [-0.39, 0.29) is 11.7 Å². The van der Waals surface area contributed by atoms with Gasteiger partial charge in [-0.25, -0.2) is 9.97 Å². The Morgan fingerprint density at radius 1 is 1.12 bits per heavy atom. The molecule has 0 unspecified atom stereocenters. The predicted octanol–water partition coefficient (Wildman–Crippen LogP) is 4.67. The van der Waals surface area contributed by atoms with Crippen LogP contribution in [-0.2, 0) is 13.0 Å². The molecule has 1 aliphatic rings. The maximum absolute atomic E-state index is 12.6. The molecule has 0 saturated carbocycles. The van der Waals surface area contributed by atoms with Crippen LogP contribution < -0.4 is 15.2 Å². The molecule has 1 saturated heterocycles. The molecule has 0 amide bonds. The molecular weight excluding hydrogens is 444 g/mol. The maximum atomic E-state index is 12.6. The van der Waals surface area contributed by atoms with Gasteiger partial charge in [-0.1, -0.05) is 30.7 Å². The Hall–Kier alpha value is -2.51. The van der Waals surface area contributed by atoms with Crippen LogP contribution in [0, 0.1) is 0 Å². The van der Waals surface area contributed by atoms with Crippen molar-refractivity contribution in [3.05, 3.63) is 75.4 Å². The van der Waals surface area contributed by atoms with Gasteiger partial charge in [0.05, 0.1) is 11.6 Å². The second kappa shape index (κ2) is 10.4. The van der Waals surface area contributed by atoms with Crippen molar-refractivity contribution in [3.8, 4) is 5.75 Å². The summed E-state index contributed by atoms with van der Waals surface area (Å²) in [5.41, 5.74) is 2.06. The Morgan fingerprint density at radius 3 is 2.44 bits per heavy atom. The fourth-order valence-electron chi connectivity index (χ4n) is 3.72. The van der Waals surface area contributed by atoms with E-state index in [4.69, 9.17) is 16.3 Å². The minimum Gasteiger partial charge on any atom is -0.488 e. The summed E-state index contributed by atoms with van der Waals surface area (Å²) < 4.78 is 7.72. The van der Waals surface area contributed by atoms with Crippen LogP contribution in [0.3, 0.4) is 0 Å². The fraction of sp³-hybridized carbons (Fsp3) is 0.375. The molecule has 1 fully saturated rings. The van der Waals surface area contributed by atoms with Gasteiger partial charge in [0, 0.05) is 55.5 Å². The average molecular weight is 471 g/mol. The predicted molar refractivity (Wildman–Crippen MR) is 130 cm³/mol. The number of thioether (sulfide) groups is 1. The third kappa shape index (κ3) is 5.45. The molecule has 0 bridgehead atoms. The summed E-state index contributed by atoms with van der Waals surface area (Å²) in [7, 11) is 0. The second-order valence-electron chi connectivity index (χ2n) is 7.85. The molecule has 2 aromatic heterocycles. The van der Waals surface area contributed by atoms with E-state index < -0.39 is 0 Å². The molecular formula is C24H27ClN4O2S. The van der Waals surface area contributed by atoms with Crippen LogP contribution in [0.5, 0.6) is 5.75 Å². The minimum absolute atomic E-state index is 0.00741. The summed E-state index contributed by atoms with van der Waals surface area (Å²) >= 11 is 8.16. The Balaban J connectivity index is 1.37. The molecule has 0 aliphatic carbocycles. The largest absolute Gasteiger partial charge is 0.488 e. The molecule has 0 atom stereocenters. The zero-order valence-corrected chi connectivity index (χ0v) is 19.9. The van der Waals surface area contributed by atoms with Crippen LogP contribution in [0.4, 0.5) is 5.95 Å². The van der Waals surface area contributed by atoms with Gasteiger partial charge < -0.3 is 14.2 Å². The summed E-state index contributed by atoms with van der Waals surface area (Å²) in [5, 5.41) is 0.450. The molecule has 8 heteroatoms. The van der Waals surface area contributed by atoms with Crippen molar-refractivity contribution in [3.63, 3.8) is 0 Å². The van der Waals surface area contributed by atoms with Crippen LogP contribution in [0.25, 0.3) is 0 Å². The van der Waals surface area contributed by atoms with Crippen molar-refractivity contribution in [2.24, 2.45) is 0 Å². The third-order valence-corrected chi connectivity index (χ3v) is 6.70. The molecule has 1 aromatic carbocycles. The summed E-state index contributed by atoms with van der Waals surface area (Å²) in [4.78, 5) is 24.9. The quantitative estimate of drug-likeness (QED) is 0.467. The van der Waals surface area contributed by atoms with E-state index in [1.54, 1.807) is 22.5 Å². The highest BCUT2D eigenvalue weighted by Crippen LogP contribution is 2.27. The third-order valence-electron chi connectivity index (χ3n) is 5.67. The number of benzene rings is 1. The van der Waals surface area contributed by atoms with Crippen molar-refractivity contribution in [2.75, 3.05) is 24.2 Å². The number of aryl methyl sites for hydroxylation is 1.